The van der Waals surface area contributed by atoms with Gasteiger partial charge in [0.05, 0.1) is 5.70 Å². The number of nitrogens with zero attached hydrogens (tertiary/aromatic N) is 1. The number of rotatable bonds is 10. The van der Waals surface area contributed by atoms with E-state index in [1.165, 1.54) is 16.7 Å². The summed E-state index contributed by atoms with van der Waals surface area (Å²) in [4.78, 5) is 4.86. The van der Waals surface area contributed by atoms with E-state index in [2.05, 4.69) is 129 Å². The van der Waals surface area contributed by atoms with Gasteiger partial charge in [-0.3, -0.25) is 4.99 Å². The van der Waals surface area contributed by atoms with Crippen molar-refractivity contribution in [3.63, 3.8) is 0 Å². The topological polar surface area (TPSA) is 12.4 Å². The molecule has 4 aromatic rings. The summed E-state index contributed by atoms with van der Waals surface area (Å²) in [6.07, 6.45) is 11.9. The summed E-state index contributed by atoms with van der Waals surface area (Å²) in [5.74, 6) is 0. The molecule has 0 radical (unpaired) electrons. The molecule has 1 nitrogen and oxygen atoms in total. The summed E-state index contributed by atoms with van der Waals surface area (Å²) >= 11 is 0. The van der Waals surface area contributed by atoms with Crippen molar-refractivity contribution < 1.29 is 0 Å². The van der Waals surface area contributed by atoms with Crippen molar-refractivity contribution in [2.45, 2.75) is 20.8 Å². The van der Waals surface area contributed by atoms with Crippen LogP contribution in [0.2, 0.25) is 0 Å². The predicted molar refractivity (Wildman–Crippen MR) is 182 cm³/mol. The highest BCUT2D eigenvalue weighted by Crippen LogP contribution is 2.29. The van der Waals surface area contributed by atoms with Gasteiger partial charge in [0.25, 0.3) is 0 Å². The molecule has 0 amide bonds. The first-order valence-corrected chi connectivity index (χ1v) is 13.9. The molecule has 1 heteroatoms. The quantitative estimate of drug-likeness (QED) is 0.142. The Bertz CT molecular complexity index is 1670. The van der Waals surface area contributed by atoms with Gasteiger partial charge in [0, 0.05) is 11.3 Å². The second kappa shape index (κ2) is 13.9. The minimum atomic E-state index is 0.738. The van der Waals surface area contributed by atoms with Gasteiger partial charge in [0.1, 0.15) is 0 Å². The fraction of sp³-hybridized carbons (Fsp3) is 0.0750. The molecule has 4 aromatic carbocycles. The highest BCUT2D eigenvalue weighted by atomic mass is 14.7. The van der Waals surface area contributed by atoms with Gasteiger partial charge in [-0.1, -0.05) is 141 Å². The van der Waals surface area contributed by atoms with E-state index in [1.807, 2.05) is 45.1 Å². The lowest BCUT2D eigenvalue weighted by atomic mass is 9.96. The van der Waals surface area contributed by atoms with Crippen LogP contribution in [0.5, 0.6) is 0 Å². The van der Waals surface area contributed by atoms with Crippen LogP contribution in [0.4, 0.5) is 0 Å². The third kappa shape index (κ3) is 7.15. The summed E-state index contributed by atoms with van der Waals surface area (Å²) in [5.41, 5.74) is 12.9. The van der Waals surface area contributed by atoms with E-state index < -0.39 is 0 Å². The monoisotopic (exact) mass is 531 g/mol. The van der Waals surface area contributed by atoms with Gasteiger partial charge in [0.15, 0.2) is 0 Å². The molecule has 4 rings (SSSR count). The van der Waals surface area contributed by atoms with Gasteiger partial charge in [-0.05, 0) is 83.0 Å². The maximum Gasteiger partial charge on any atom is 0.0633 e. The predicted octanol–water partition coefficient (Wildman–Crippen LogP) is 11.2. The molecule has 0 saturated carbocycles. The van der Waals surface area contributed by atoms with E-state index in [0.29, 0.717) is 0 Å². The molecule has 0 saturated heterocycles. The van der Waals surface area contributed by atoms with Crippen LogP contribution < -0.4 is 0 Å². The van der Waals surface area contributed by atoms with Crippen LogP contribution in [-0.4, -0.2) is 5.71 Å². The molecule has 0 aromatic heterocycles. The average molecular weight is 532 g/mol. The SMILES string of the molecule is C=C/C(=C\C=C/C)c1ccc(C(C)=NC(=C)c2cccc(-c3cccc(-c4ccc(/C(C=C)=C/C)cc4)c3)c2)cc1. The van der Waals surface area contributed by atoms with Crippen molar-refractivity contribution in [2.24, 2.45) is 4.99 Å². The Labute approximate surface area is 245 Å². The van der Waals surface area contributed by atoms with E-state index in [-0.39, 0.29) is 0 Å². The van der Waals surface area contributed by atoms with Crippen molar-refractivity contribution in [3.05, 3.63) is 176 Å². The van der Waals surface area contributed by atoms with Crippen LogP contribution in [0.15, 0.2) is 158 Å². The van der Waals surface area contributed by atoms with E-state index in [4.69, 9.17) is 4.99 Å². The van der Waals surface area contributed by atoms with Crippen LogP contribution in [0, 0.1) is 0 Å². The standard InChI is InChI=1S/C40H37N/c1-7-11-14-32(10-4)35-21-19-33(20-22-35)29(5)41-30(6)37-15-12-17-39(27-37)40-18-13-16-38(28-40)36-25-23-34(24-26-36)31(8-2)9-3/h7-28H,2,4,6H2,1,3,5H3/b11-7-,31-9+,32-14+,41-29?. The summed E-state index contributed by atoms with van der Waals surface area (Å²) in [6, 6.07) is 34.1. The van der Waals surface area contributed by atoms with Crippen LogP contribution in [0.3, 0.4) is 0 Å². The molecule has 0 bridgehead atoms. The zero-order chi connectivity index (χ0) is 29.2. The molecule has 0 fully saturated rings. The third-order valence-electron chi connectivity index (χ3n) is 7.10. The number of hydrogen-bond donors (Lipinski definition) is 0. The van der Waals surface area contributed by atoms with E-state index in [0.717, 1.165) is 50.4 Å². The van der Waals surface area contributed by atoms with Gasteiger partial charge >= 0.3 is 0 Å². The van der Waals surface area contributed by atoms with Crippen molar-refractivity contribution in [3.8, 4) is 22.3 Å². The Morgan fingerprint density at radius 1 is 0.610 bits per heavy atom. The average Bonchev–Trinajstić information content (AvgIpc) is 3.02. The van der Waals surface area contributed by atoms with Crippen molar-refractivity contribution in [1.82, 2.24) is 0 Å². The van der Waals surface area contributed by atoms with Gasteiger partial charge in [-0.15, -0.1) is 0 Å². The summed E-state index contributed by atoms with van der Waals surface area (Å²) in [6.45, 7) is 18.2. The Hall–Kier alpha value is -5.01. The Balaban J connectivity index is 1.55. The lowest BCUT2D eigenvalue weighted by Gasteiger charge is -2.10. The minimum Gasteiger partial charge on any atom is -0.253 e. The summed E-state index contributed by atoms with van der Waals surface area (Å²) in [7, 11) is 0. The molecule has 0 atom stereocenters. The smallest absolute Gasteiger partial charge is 0.0633 e. The van der Waals surface area contributed by atoms with E-state index in [1.54, 1.807) is 0 Å². The normalized spacial score (nSPS) is 12.4. The van der Waals surface area contributed by atoms with Crippen molar-refractivity contribution in [1.29, 1.82) is 0 Å². The van der Waals surface area contributed by atoms with Gasteiger partial charge < -0.3 is 0 Å². The molecule has 0 heterocycles. The zero-order valence-corrected chi connectivity index (χ0v) is 24.3. The largest absolute Gasteiger partial charge is 0.253 e. The first-order chi connectivity index (χ1) is 20.0. The second-order valence-electron chi connectivity index (χ2n) is 9.76. The molecule has 0 unspecified atom stereocenters. The Morgan fingerprint density at radius 2 is 1.15 bits per heavy atom. The lowest BCUT2D eigenvalue weighted by Crippen LogP contribution is -1.96. The Morgan fingerprint density at radius 3 is 1.76 bits per heavy atom. The zero-order valence-electron chi connectivity index (χ0n) is 24.3. The molecule has 202 valence electrons. The van der Waals surface area contributed by atoms with Crippen molar-refractivity contribution in [2.75, 3.05) is 0 Å². The number of allylic oxidation sites excluding steroid dienone is 8. The van der Waals surface area contributed by atoms with Gasteiger partial charge in [-0.25, -0.2) is 0 Å². The maximum absolute atomic E-state index is 4.86. The molecular formula is C40H37N. The fourth-order valence-corrected chi connectivity index (χ4v) is 4.73. The van der Waals surface area contributed by atoms with E-state index >= 15 is 0 Å². The molecule has 0 spiro atoms. The lowest BCUT2D eigenvalue weighted by molar-refractivity contribution is 1.47. The fourth-order valence-electron chi connectivity index (χ4n) is 4.73. The molecular weight excluding hydrogens is 494 g/mol. The highest BCUT2D eigenvalue weighted by Gasteiger charge is 2.07. The highest BCUT2D eigenvalue weighted by molar-refractivity contribution is 6.02. The van der Waals surface area contributed by atoms with Crippen LogP contribution in [-0.2, 0) is 0 Å². The molecule has 0 N–H and O–H groups in total. The van der Waals surface area contributed by atoms with E-state index in [9.17, 15) is 0 Å². The summed E-state index contributed by atoms with van der Waals surface area (Å²) in [5, 5.41) is 0. The molecule has 0 aliphatic carbocycles. The molecule has 41 heavy (non-hydrogen) atoms. The number of benzene rings is 4. The molecule has 0 aliphatic heterocycles. The second-order valence-corrected chi connectivity index (χ2v) is 9.76. The minimum absolute atomic E-state index is 0.738. The van der Waals surface area contributed by atoms with Gasteiger partial charge in [0.2, 0.25) is 0 Å². The van der Waals surface area contributed by atoms with Crippen LogP contribution in [0.25, 0.3) is 39.1 Å². The first kappa shape index (κ1) is 29.0. The summed E-state index contributed by atoms with van der Waals surface area (Å²) < 4.78 is 0. The number of aliphatic imine (C=N–C) groups is 1. The van der Waals surface area contributed by atoms with Crippen molar-refractivity contribution >= 4 is 22.6 Å². The molecule has 0 aliphatic rings. The maximum atomic E-state index is 4.86. The van der Waals surface area contributed by atoms with Crippen LogP contribution >= 0.6 is 0 Å². The first-order valence-electron chi connectivity index (χ1n) is 13.9. The van der Waals surface area contributed by atoms with Gasteiger partial charge in [-0.2, -0.15) is 0 Å². The Kier molecular flexibility index (Phi) is 9.80. The van der Waals surface area contributed by atoms with Crippen LogP contribution in [0.1, 0.15) is 43.0 Å². The number of hydrogen-bond acceptors (Lipinski definition) is 1. The third-order valence-corrected chi connectivity index (χ3v) is 7.10.